The molecule has 3 heterocycles. The number of fused-ring (bicyclic) bond motifs is 2. The Morgan fingerprint density at radius 1 is 1.28 bits per heavy atom. The Hall–Kier alpha value is -0.220. The molecule has 3 saturated heterocycles. The Bertz CT molecular complexity index is 322. The molecule has 4 atom stereocenters. The van der Waals surface area contributed by atoms with Crippen LogP contribution in [-0.4, -0.2) is 45.6 Å². The molecule has 1 N–H and O–H groups in total. The Kier molecular flexibility index (Phi) is 3.59. The number of hydrogen-bond donors (Lipinski definition) is 1. The van der Waals surface area contributed by atoms with Crippen LogP contribution in [0.4, 0.5) is 0 Å². The average molecular weight is 269 g/mol. The summed E-state index contributed by atoms with van der Waals surface area (Å²) >= 11 is 2.09. The van der Waals surface area contributed by atoms with Crippen LogP contribution in [0.3, 0.4) is 0 Å². The highest BCUT2D eigenvalue weighted by molar-refractivity contribution is 7.99. The van der Waals surface area contributed by atoms with Gasteiger partial charge in [-0.25, -0.2) is 0 Å². The zero-order chi connectivity index (χ0) is 12.7. The van der Waals surface area contributed by atoms with Gasteiger partial charge < -0.3 is 5.11 Å². The van der Waals surface area contributed by atoms with Crippen molar-refractivity contribution in [2.75, 3.05) is 11.5 Å². The summed E-state index contributed by atoms with van der Waals surface area (Å²) in [6, 6.07) is 2.12. The summed E-state index contributed by atoms with van der Waals surface area (Å²) in [5, 5.41) is 8.96. The second kappa shape index (κ2) is 5.04. The van der Waals surface area contributed by atoms with Crippen molar-refractivity contribution in [1.29, 1.82) is 0 Å². The molecule has 0 aromatic heterocycles. The van der Waals surface area contributed by atoms with E-state index in [1.54, 1.807) is 0 Å². The van der Waals surface area contributed by atoms with Crippen LogP contribution in [0.25, 0.3) is 0 Å². The first-order chi connectivity index (χ1) is 8.65. The van der Waals surface area contributed by atoms with Crippen molar-refractivity contribution in [1.82, 2.24) is 4.90 Å². The number of piperidine rings is 1. The quantitative estimate of drug-likeness (QED) is 0.854. The summed E-state index contributed by atoms with van der Waals surface area (Å²) < 4.78 is 0. The van der Waals surface area contributed by atoms with Gasteiger partial charge in [-0.1, -0.05) is 6.92 Å². The number of carbonyl (C=O) groups is 1. The molecule has 0 saturated carbocycles. The second-order valence-electron chi connectivity index (χ2n) is 6.35. The zero-order valence-electron chi connectivity index (χ0n) is 11.0. The van der Waals surface area contributed by atoms with Crippen molar-refractivity contribution >= 4 is 17.7 Å². The number of aliphatic carboxylic acids is 1. The number of nitrogens with zero attached hydrogens (tertiary/aromatic N) is 1. The molecule has 2 bridgehead atoms. The van der Waals surface area contributed by atoms with Gasteiger partial charge in [-0.05, 0) is 43.3 Å². The van der Waals surface area contributed by atoms with Crippen molar-refractivity contribution < 1.29 is 9.90 Å². The Balaban J connectivity index is 1.67. The van der Waals surface area contributed by atoms with Gasteiger partial charge in [0.1, 0.15) is 0 Å². The van der Waals surface area contributed by atoms with E-state index in [2.05, 4.69) is 23.6 Å². The van der Waals surface area contributed by atoms with E-state index in [9.17, 15) is 4.79 Å². The largest absolute Gasteiger partial charge is 0.481 e. The van der Waals surface area contributed by atoms with Gasteiger partial charge in [0, 0.05) is 30.3 Å². The van der Waals surface area contributed by atoms with Gasteiger partial charge >= 0.3 is 5.97 Å². The molecule has 102 valence electrons. The summed E-state index contributed by atoms with van der Waals surface area (Å²) in [7, 11) is 0. The lowest BCUT2D eigenvalue weighted by Gasteiger charge is -2.43. The van der Waals surface area contributed by atoms with Gasteiger partial charge in [-0.15, -0.1) is 0 Å². The zero-order valence-corrected chi connectivity index (χ0v) is 11.9. The Morgan fingerprint density at radius 2 is 1.94 bits per heavy atom. The van der Waals surface area contributed by atoms with Crippen LogP contribution in [0.5, 0.6) is 0 Å². The van der Waals surface area contributed by atoms with E-state index < -0.39 is 5.97 Å². The Morgan fingerprint density at radius 3 is 2.44 bits per heavy atom. The highest BCUT2D eigenvalue weighted by atomic mass is 32.2. The molecule has 0 aliphatic carbocycles. The fraction of sp³-hybridized carbons (Fsp3) is 0.929. The van der Waals surface area contributed by atoms with Crippen LogP contribution >= 0.6 is 11.8 Å². The standard InChI is InChI=1S/C14H23NO2S/c1-9-7-18-8-13(9)15-11-2-3-12(15)5-10(4-11)6-14(16)17/h9-13H,2-8H2,1H3,(H,16,17). The number of hydrogen-bond acceptors (Lipinski definition) is 3. The van der Waals surface area contributed by atoms with Crippen LogP contribution in [0.2, 0.25) is 0 Å². The molecule has 4 unspecified atom stereocenters. The molecule has 3 aliphatic heterocycles. The first-order valence-corrected chi connectivity index (χ1v) is 8.37. The Labute approximate surface area is 113 Å². The van der Waals surface area contributed by atoms with Crippen molar-refractivity contribution in [2.45, 2.75) is 57.2 Å². The molecule has 3 rings (SSSR count). The number of carboxylic acid groups (broad SMARTS) is 1. The van der Waals surface area contributed by atoms with Crippen LogP contribution < -0.4 is 0 Å². The minimum atomic E-state index is -0.613. The molecule has 0 aromatic rings. The summed E-state index contributed by atoms with van der Waals surface area (Å²) in [6.07, 6.45) is 5.23. The predicted octanol–water partition coefficient (Wildman–Crippen LogP) is 2.46. The number of thioether (sulfide) groups is 1. The maximum atomic E-state index is 10.9. The molecule has 3 aliphatic rings. The minimum absolute atomic E-state index is 0.385. The maximum absolute atomic E-state index is 10.9. The van der Waals surface area contributed by atoms with Crippen LogP contribution in [0.15, 0.2) is 0 Å². The van der Waals surface area contributed by atoms with E-state index in [4.69, 9.17) is 5.11 Å². The number of rotatable bonds is 3. The fourth-order valence-electron chi connectivity index (χ4n) is 4.31. The third-order valence-corrected chi connectivity index (χ3v) is 6.40. The van der Waals surface area contributed by atoms with E-state index in [0.717, 1.165) is 24.8 Å². The molecule has 0 spiro atoms. The summed E-state index contributed by atoms with van der Waals surface area (Å²) in [4.78, 5) is 13.7. The van der Waals surface area contributed by atoms with Gasteiger partial charge in [0.05, 0.1) is 0 Å². The smallest absolute Gasteiger partial charge is 0.303 e. The van der Waals surface area contributed by atoms with Crippen molar-refractivity contribution in [3.8, 4) is 0 Å². The van der Waals surface area contributed by atoms with Crippen molar-refractivity contribution in [3.63, 3.8) is 0 Å². The van der Waals surface area contributed by atoms with Gasteiger partial charge in [0.15, 0.2) is 0 Å². The topological polar surface area (TPSA) is 40.5 Å². The molecule has 4 heteroatoms. The molecule has 18 heavy (non-hydrogen) atoms. The van der Waals surface area contributed by atoms with Gasteiger partial charge in [0.25, 0.3) is 0 Å². The minimum Gasteiger partial charge on any atom is -0.481 e. The van der Waals surface area contributed by atoms with E-state index in [1.807, 2.05) is 0 Å². The van der Waals surface area contributed by atoms with Crippen LogP contribution in [0, 0.1) is 11.8 Å². The molecule has 3 nitrogen and oxygen atoms in total. The SMILES string of the molecule is CC1CSCC1N1C2CCC1CC(CC(=O)O)C2. The lowest BCUT2D eigenvalue weighted by molar-refractivity contribution is -0.138. The van der Waals surface area contributed by atoms with Crippen molar-refractivity contribution in [2.24, 2.45) is 11.8 Å². The lowest BCUT2D eigenvalue weighted by Crippen LogP contribution is -2.51. The summed E-state index contributed by atoms with van der Waals surface area (Å²) in [5.41, 5.74) is 0. The van der Waals surface area contributed by atoms with Crippen LogP contribution in [-0.2, 0) is 4.79 Å². The molecule has 3 fully saturated rings. The lowest BCUT2D eigenvalue weighted by atomic mass is 9.86. The van der Waals surface area contributed by atoms with Gasteiger partial charge in [-0.3, -0.25) is 9.69 Å². The first-order valence-electron chi connectivity index (χ1n) is 7.22. The van der Waals surface area contributed by atoms with E-state index in [-0.39, 0.29) is 0 Å². The highest BCUT2D eigenvalue weighted by Gasteiger charge is 2.46. The van der Waals surface area contributed by atoms with Gasteiger partial charge in [0.2, 0.25) is 0 Å². The summed E-state index contributed by atoms with van der Waals surface area (Å²) in [6.45, 7) is 2.38. The van der Waals surface area contributed by atoms with Crippen molar-refractivity contribution in [3.05, 3.63) is 0 Å². The molecular formula is C14H23NO2S. The fourth-order valence-corrected chi connectivity index (χ4v) is 5.78. The summed E-state index contributed by atoms with van der Waals surface area (Å²) in [5.74, 6) is 3.23. The van der Waals surface area contributed by atoms with E-state index in [0.29, 0.717) is 24.4 Å². The maximum Gasteiger partial charge on any atom is 0.303 e. The first kappa shape index (κ1) is 12.8. The van der Waals surface area contributed by atoms with E-state index >= 15 is 0 Å². The normalized spacial score (nSPS) is 44.4. The average Bonchev–Trinajstić information content (AvgIpc) is 2.80. The highest BCUT2D eigenvalue weighted by Crippen LogP contribution is 2.44. The molecule has 0 radical (unpaired) electrons. The number of carboxylic acids is 1. The third-order valence-electron chi connectivity index (χ3n) is 5.06. The van der Waals surface area contributed by atoms with Gasteiger partial charge in [-0.2, -0.15) is 11.8 Å². The molecule has 0 aromatic carbocycles. The third kappa shape index (κ3) is 2.29. The monoisotopic (exact) mass is 269 g/mol. The van der Waals surface area contributed by atoms with E-state index in [1.165, 1.54) is 24.3 Å². The second-order valence-corrected chi connectivity index (χ2v) is 7.42. The molecule has 0 amide bonds. The predicted molar refractivity (Wildman–Crippen MR) is 73.9 cm³/mol. The van der Waals surface area contributed by atoms with Crippen LogP contribution in [0.1, 0.15) is 39.0 Å². The molecular weight excluding hydrogens is 246 g/mol.